The van der Waals surface area contributed by atoms with Crippen molar-refractivity contribution in [2.24, 2.45) is 0 Å². The summed E-state index contributed by atoms with van der Waals surface area (Å²) in [6, 6.07) is 4.47. The fourth-order valence-electron chi connectivity index (χ4n) is 1.92. The maximum absolute atomic E-state index is 3.11. The van der Waals surface area contributed by atoms with Crippen LogP contribution in [-0.4, -0.2) is 4.98 Å². The van der Waals surface area contributed by atoms with Crippen molar-refractivity contribution in [3.8, 4) is 0 Å². The zero-order valence-electron chi connectivity index (χ0n) is 7.30. The van der Waals surface area contributed by atoms with Crippen LogP contribution >= 0.6 is 0 Å². The molecular formula is C12H10N. The van der Waals surface area contributed by atoms with Gasteiger partial charge in [-0.1, -0.05) is 12.2 Å². The number of H-pyrrole nitrogens is 1. The monoisotopic (exact) mass is 168 g/mol. The van der Waals surface area contributed by atoms with E-state index in [4.69, 9.17) is 0 Å². The van der Waals surface area contributed by atoms with Crippen LogP contribution in [0.1, 0.15) is 17.5 Å². The molecule has 1 nitrogen and oxygen atoms in total. The molecule has 0 aliphatic heterocycles. The summed E-state index contributed by atoms with van der Waals surface area (Å²) in [4.78, 5) is 3.01. The summed E-state index contributed by atoms with van der Waals surface area (Å²) in [7, 11) is 0. The van der Waals surface area contributed by atoms with Gasteiger partial charge in [-0.15, -0.1) is 0 Å². The number of hydrogen-bond acceptors (Lipinski definition) is 0. The van der Waals surface area contributed by atoms with Crippen molar-refractivity contribution in [2.45, 2.75) is 12.8 Å². The molecule has 1 radical (unpaired) electrons. The topological polar surface area (TPSA) is 15.8 Å². The van der Waals surface area contributed by atoms with Crippen molar-refractivity contribution in [3.63, 3.8) is 0 Å². The number of aromatic amines is 1. The molecule has 2 aromatic rings. The molecule has 0 atom stereocenters. The van der Waals surface area contributed by atoms with E-state index in [9.17, 15) is 0 Å². The van der Waals surface area contributed by atoms with Crippen molar-refractivity contribution < 1.29 is 0 Å². The molecule has 1 N–H and O–H groups in total. The molecule has 0 saturated heterocycles. The molecule has 0 amide bonds. The van der Waals surface area contributed by atoms with E-state index in [1.807, 2.05) is 6.20 Å². The van der Waals surface area contributed by atoms with E-state index in [1.165, 1.54) is 34.7 Å². The van der Waals surface area contributed by atoms with Gasteiger partial charge in [0.25, 0.3) is 0 Å². The van der Waals surface area contributed by atoms with Crippen LogP contribution in [0.5, 0.6) is 0 Å². The van der Waals surface area contributed by atoms with Gasteiger partial charge in [-0.25, -0.2) is 0 Å². The van der Waals surface area contributed by atoms with E-state index in [0.29, 0.717) is 0 Å². The minimum absolute atomic E-state index is 1.17. The summed E-state index contributed by atoms with van der Waals surface area (Å²) in [5.41, 5.74) is 2.82. The lowest BCUT2D eigenvalue weighted by Crippen LogP contribution is -1.92. The first kappa shape index (κ1) is 6.96. The van der Waals surface area contributed by atoms with Crippen LogP contribution in [0.2, 0.25) is 0 Å². The summed E-state index contributed by atoms with van der Waals surface area (Å²) in [5, 5.41) is 2.46. The zero-order chi connectivity index (χ0) is 8.67. The second-order valence-corrected chi connectivity index (χ2v) is 3.49. The Morgan fingerprint density at radius 2 is 2.31 bits per heavy atom. The standard InChI is InChI=1S/C12H10N/c1-2-4-10-6-12-8-13-7-11(12)5-9(10)3-1/h1,3,5-6,8,13H,2,4H2. The molecule has 0 fully saturated rings. The molecule has 1 heterocycles. The number of hydrogen-bond donors (Lipinski definition) is 1. The molecule has 0 bridgehead atoms. The summed E-state index contributed by atoms with van der Waals surface area (Å²) < 4.78 is 0. The number of nitrogens with one attached hydrogen (secondary N) is 1. The van der Waals surface area contributed by atoms with Crippen molar-refractivity contribution in [1.82, 2.24) is 4.98 Å². The van der Waals surface area contributed by atoms with E-state index in [2.05, 4.69) is 35.5 Å². The van der Waals surface area contributed by atoms with Crippen LogP contribution in [0, 0.1) is 6.20 Å². The van der Waals surface area contributed by atoms with Gasteiger partial charge < -0.3 is 4.98 Å². The quantitative estimate of drug-likeness (QED) is 0.622. The number of aryl methyl sites for hydroxylation is 1. The first-order valence-corrected chi connectivity index (χ1v) is 4.62. The Balaban J connectivity index is 2.36. The molecule has 1 aliphatic carbocycles. The van der Waals surface area contributed by atoms with Crippen LogP contribution in [-0.2, 0) is 6.42 Å². The van der Waals surface area contributed by atoms with Gasteiger partial charge in [-0.05, 0) is 36.1 Å². The lowest BCUT2D eigenvalue weighted by atomic mass is 9.95. The molecule has 0 saturated carbocycles. The molecule has 0 unspecified atom stereocenters. The summed E-state index contributed by atoms with van der Waals surface area (Å²) in [6.07, 6.45) is 11.9. The molecule has 13 heavy (non-hydrogen) atoms. The van der Waals surface area contributed by atoms with E-state index in [0.717, 1.165) is 0 Å². The lowest BCUT2D eigenvalue weighted by Gasteiger charge is -2.09. The van der Waals surface area contributed by atoms with Crippen LogP contribution in [0.3, 0.4) is 0 Å². The molecule has 1 aliphatic rings. The van der Waals surface area contributed by atoms with E-state index in [1.54, 1.807) is 0 Å². The second kappa shape index (κ2) is 2.49. The van der Waals surface area contributed by atoms with Crippen LogP contribution in [0.25, 0.3) is 16.8 Å². The first-order chi connectivity index (χ1) is 6.43. The zero-order valence-corrected chi connectivity index (χ0v) is 7.30. The highest BCUT2D eigenvalue weighted by molar-refractivity contribution is 5.85. The van der Waals surface area contributed by atoms with Gasteiger partial charge >= 0.3 is 0 Å². The first-order valence-electron chi connectivity index (χ1n) is 4.62. The predicted octanol–water partition coefficient (Wildman–Crippen LogP) is 2.93. The fraction of sp³-hybridized carbons (Fsp3) is 0.167. The van der Waals surface area contributed by atoms with Gasteiger partial charge in [0.15, 0.2) is 0 Å². The number of aromatic nitrogens is 1. The maximum Gasteiger partial charge on any atom is 0.0705 e. The van der Waals surface area contributed by atoms with Gasteiger partial charge in [-0.3, -0.25) is 0 Å². The highest BCUT2D eigenvalue weighted by atomic mass is 14.6. The van der Waals surface area contributed by atoms with Crippen molar-refractivity contribution in [3.05, 3.63) is 41.7 Å². The van der Waals surface area contributed by atoms with Gasteiger partial charge in [-0.2, -0.15) is 0 Å². The van der Waals surface area contributed by atoms with E-state index >= 15 is 0 Å². The Hall–Kier alpha value is -1.50. The smallest absolute Gasteiger partial charge is 0.0705 e. The molecule has 1 aromatic heterocycles. The lowest BCUT2D eigenvalue weighted by molar-refractivity contribution is 0.989. The highest BCUT2D eigenvalue weighted by Crippen LogP contribution is 2.24. The second-order valence-electron chi connectivity index (χ2n) is 3.49. The van der Waals surface area contributed by atoms with Gasteiger partial charge in [0.05, 0.1) is 6.20 Å². The van der Waals surface area contributed by atoms with Gasteiger partial charge in [0.2, 0.25) is 0 Å². The average molecular weight is 168 g/mol. The largest absolute Gasteiger partial charge is 0.359 e. The highest BCUT2D eigenvalue weighted by Gasteiger charge is 2.05. The van der Waals surface area contributed by atoms with Gasteiger partial charge in [0, 0.05) is 17.0 Å². The third-order valence-corrected chi connectivity index (χ3v) is 2.62. The third-order valence-electron chi connectivity index (χ3n) is 2.62. The third kappa shape index (κ3) is 1.00. The Morgan fingerprint density at radius 1 is 1.31 bits per heavy atom. The minimum atomic E-state index is 1.17. The molecule has 0 spiro atoms. The Morgan fingerprint density at radius 3 is 3.31 bits per heavy atom. The number of fused-ring (bicyclic) bond motifs is 2. The van der Waals surface area contributed by atoms with E-state index < -0.39 is 0 Å². The normalized spacial score (nSPS) is 14.8. The maximum atomic E-state index is 3.11. The van der Waals surface area contributed by atoms with Crippen molar-refractivity contribution >= 4 is 16.8 Å². The summed E-state index contributed by atoms with van der Waals surface area (Å²) >= 11 is 0. The molecule has 3 rings (SSSR count). The molecular weight excluding hydrogens is 158 g/mol. The molecule has 1 heteroatoms. The van der Waals surface area contributed by atoms with Gasteiger partial charge in [0.1, 0.15) is 0 Å². The number of rotatable bonds is 0. The molecule has 63 valence electrons. The Kier molecular flexibility index (Phi) is 1.33. The fourth-order valence-corrected chi connectivity index (χ4v) is 1.92. The Bertz CT molecular complexity index is 477. The number of allylic oxidation sites excluding steroid dienone is 1. The predicted molar refractivity (Wildman–Crippen MR) is 54.5 cm³/mol. The van der Waals surface area contributed by atoms with Crippen molar-refractivity contribution in [2.75, 3.05) is 0 Å². The average Bonchev–Trinajstić information content (AvgIpc) is 2.61. The molecule has 1 aromatic carbocycles. The van der Waals surface area contributed by atoms with Crippen LogP contribution in [0.4, 0.5) is 0 Å². The summed E-state index contributed by atoms with van der Waals surface area (Å²) in [6.45, 7) is 0. The minimum Gasteiger partial charge on any atom is -0.359 e. The van der Waals surface area contributed by atoms with Crippen LogP contribution < -0.4 is 0 Å². The number of benzene rings is 1. The van der Waals surface area contributed by atoms with Crippen molar-refractivity contribution in [1.29, 1.82) is 0 Å². The van der Waals surface area contributed by atoms with Crippen LogP contribution in [0.15, 0.2) is 24.4 Å². The van der Waals surface area contributed by atoms with E-state index in [-0.39, 0.29) is 0 Å². The Labute approximate surface area is 77.1 Å². The summed E-state index contributed by atoms with van der Waals surface area (Å²) in [5.74, 6) is 0. The SMILES string of the molecule is [c]1[nH]cc2cc3c(cc12)C=CCC3.